The molecule has 0 saturated heterocycles. The fraction of sp³-hybridized carbons (Fsp3) is 0.250. The molecule has 0 aliphatic rings. The van der Waals surface area contributed by atoms with Crippen molar-refractivity contribution in [3.63, 3.8) is 0 Å². The van der Waals surface area contributed by atoms with Crippen molar-refractivity contribution in [2.75, 3.05) is 13.7 Å². The van der Waals surface area contributed by atoms with E-state index in [1.807, 2.05) is 6.07 Å². The third-order valence-electron chi connectivity index (χ3n) is 2.18. The molecule has 4 nitrogen and oxygen atoms in total. The Kier molecular flexibility index (Phi) is 4.54. The van der Waals surface area contributed by atoms with E-state index in [1.54, 1.807) is 25.3 Å². The number of aliphatic hydroxyl groups is 1. The van der Waals surface area contributed by atoms with Crippen molar-refractivity contribution < 1.29 is 14.6 Å². The number of hydrogen-bond donors (Lipinski definition) is 2. The van der Waals surface area contributed by atoms with E-state index in [0.717, 1.165) is 5.56 Å². The predicted octanol–water partition coefficient (Wildman–Crippen LogP) is 1.03. The Balaban J connectivity index is 2.85. The Bertz CT molecular complexity index is 376. The van der Waals surface area contributed by atoms with Crippen LogP contribution in [0.25, 0.3) is 0 Å². The number of ether oxygens (including phenoxy) is 1. The molecular formula is C12H15NO3. The maximum Gasteiger partial charge on any atom is 0.243 e. The Hall–Kier alpha value is -1.81. The van der Waals surface area contributed by atoms with E-state index >= 15 is 0 Å². The van der Waals surface area contributed by atoms with E-state index in [0.29, 0.717) is 5.75 Å². The Morgan fingerprint density at radius 1 is 1.69 bits per heavy atom. The van der Waals surface area contributed by atoms with E-state index in [9.17, 15) is 9.90 Å². The SMILES string of the molecule is C=CC(=O)NC(CO)c1cccc(OC)c1. The number of carbonyl (C=O) groups excluding carboxylic acids is 1. The first-order valence-electron chi connectivity index (χ1n) is 4.89. The molecule has 1 aromatic carbocycles. The first kappa shape index (κ1) is 12.3. The highest BCUT2D eigenvalue weighted by molar-refractivity contribution is 5.87. The number of amides is 1. The van der Waals surface area contributed by atoms with Gasteiger partial charge in [0.15, 0.2) is 0 Å². The molecule has 1 amide bonds. The number of rotatable bonds is 5. The van der Waals surface area contributed by atoms with Crippen molar-refractivity contribution in [2.45, 2.75) is 6.04 Å². The van der Waals surface area contributed by atoms with Crippen LogP contribution in [0.15, 0.2) is 36.9 Å². The van der Waals surface area contributed by atoms with Crippen LogP contribution in [-0.2, 0) is 4.79 Å². The topological polar surface area (TPSA) is 58.6 Å². The van der Waals surface area contributed by atoms with Crippen LogP contribution < -0.4 is 10.1 Å². The smallest absolute Gasteiger partial charge is 0.243 e. The Labute approximate surface area is 94.6 Å². The van der Waals surface area contributed by atoms with Gasteiger partial charge in [0.2, 0.25) is 5.91 Å². The van der Waals surface area contributed by atoms with Gasteiger partial charge in [-0.2, -0.15) is 0 Å². The highest BCUT2D eigenvalue weighted by Crippen LogP contribution is 2.18. The molecule has 4 heteroatoms. The van der Waals surface area contributed by atoms with Crippen molar-refractivity contribution in [1.29, 1.82) is 0 Å². The molecule has 1 rings (SSSR count). The highest BCUT2D eigenvalue weighted by Gasteiger charge is 2.12. The Morgan fingerprint density at radius 2 is 2.44 bits per heavy atom. The summed E-state index contributed by atoms with van der Waals surface area (Å²) in [5, 5.41) is 11.8. The summed E-state index contributed by atoms with van der Waals surface area (Å²) in [6.07, 6.45) is 1.17. The molecule has 0 bridgehead atoms. The fourth-order valence-electron chi connectivity index (χ4n) is 1.32. The van der Waals surface area contributed by atoms with Crippen LogP contribution in [-0.4, -0.2) is 24.7 Å². The van der Waals surface area contributed by atoms with Gasteiger partial charge in [0.1, 0.15) is 5.75 Å². The van der Waals surface area contributed by atoms with Crippen molar-refractivity contribution in [2.24, 2.45) is 0 Å². The zero-order chi connectivity index (χ0) is 12.0. The summed E-state index contributed by atoms with van der Waals surface area (Å²) in [5.41, 5.74) is 0.789. The third kappa shape index (κ3) is 3.10. The first-order valence-corrected chi connectivity index (χ1v) is 4.89. The molecular weight excluding hydrogens is 206 g/mol. The second kappa shape index (κ2) is 5.92. The summed E-state index contributed by atoms with van der Waals surface area (Å²) in [6.45, 7) is 3.18. The molecule has 2 N–H and O–H groups in total. The van der Waals surface area contributed by atoms with Gasteiger partial charge >= 0.3 is 0 Å². The van der Waals surface area contributed by atoms with Gasteiger partial charge < -0.3 is 15.2 Å². The number of nitrogens with one attached hydrogen (secondary N) is 1. The number of carbonyl (C=O) groups is 1. The molecule has 1 unspecified atom stereocenters. The van der Waals surface area contributed by atoms with Gasteiger partial charge in [-0.3, -0.25) is 4.79 Å². The monoisotopic (exact) mass is 221 g/mol. The summed E-state index contributed by atoms with van der Waals surface area (Å²) in [7, 11) is 1.56. The number of methoxy groups -OCH3 is 1. The van der Waals surface area contributed by atoms with Crippen LogP contribution in [0.1, 0.15) is 11.6 Å². The lowest BCUT2D eigenvalue weighted by atomic mass is 10.1. The molecule has 0 saturated carbocycles. The molecule has 86 valence electrons. The lowest BCUT2D eigenvalue weighted by molar-refractivity contribution is -0.117. The molecule has 0 fully saturated rings. The molecule has 0 spiro atoms. The molecule has 0 aliphatic heterocycles. The van der Waals surface area contributed by atoms with Crippen molar-refractivity contribution in [1.82, 2.24) is 5.32 Å². The second-order valence-electron chi connectivity index (χ2n) is 3.22. The normalized spacial score (nSPS) is 11.6. The van der Waals surface area contributed by atoms with Crippen LogP contribution in [0.4, 0.5) is 0 Å². The van der Waals surface area contributed by atoms with E-state index in [2.05, 4.69) is 11.9 Å². The molecule has 0 heterocycles. The van der Waals surface area contributed by atoms with Crippen LogP contribution >= 0.6 is 0 Å². The standard InChI is InChI=1S/C12H15NO3/c1-3-12(15)13-11(8-14)9-5-4-6-10(7-9)16-2/h3-7,11,14H,1,8H2,2H3,(H,13,15). The largest absolute Gasteiger partial charge is 0.497 e. The zero-order valence-electron chi connectivity index (χ0n) is 9.14. The molecule has 1 atom stereocenters. The van der Waals surface area contributed by atoms with Crippen LogP contribution in [0.2, 0.25) is 0 Å². The van der Waals surface area contributed by atoms with Crippen LogP contribution in [0.5, 0.6) is 5.75 Å². The van der Waals surface area contributed by atoms with E-state index in [1.165, 1.54) is 6.08 Å². The third-order valence-corrected chi connectivity index (χ3v) is 2.18. The summed E-state index contributed by atoms with van der Waals surface area (Å²) in [5.74, 6) is 0.366. The van der Waals surface area contributed by atoms with Crippen molar-refractivity contribution >= 4 is 5.91 Å². The van der Waals surface area contributed by atoms with Crippen molar-refractivity contribution in [3.05, 3.63) is 42.5 Å². The summed E-state index contributed by atoms with van der Waals surface area (Å²) in [4.78, 5) is 11.1. The highest BCUT2D eigenvalue weighted by atomic mass is 16.5. The quantitative estimate of drug-likeness (QED) is 0.730. The lowest BCUT2D eigenvalue weighted by Gasteiger charge is -2.16. The zero-order valence-corrected chi connectivity index (χ0v) is 9.14. The minimum Gasteiger partial charge on any atom is -0.497 e. The Morgan fingerprint density at radius 3 is 3.00 bits per heavy atom. The van der Waals surface area contributed by atoms with Gasteiger partial charge in [0.05, 0.1) is 19.8 Å². The lowest BCUT2D eigenvalue weighted by Crippen LogP contribution is -2.29. The molecule has 0 aromatic heterocycles. The maximum absolute atomic E-state index is 11.1. The summed E-state index contributed by atoms with van der Waals surface area (Å²) >= 11 is 0. The second-order valence-corrected chi connectivity index (χ2v) is 3.22. The van der Waals surface area contributed by atoms with E-state index < -0.39 is 6.04 Å². The summed E-state index contributed by atoms with van der Waals surface area (Å²) in [6, 6.07) is 6.74. The number of aliphatic hydroxyl groups excluding tert-OH is 1. The first-order chi connectivity index (χ1) is 7.71. The van der Waals surface area contributed by atoms with Gasteiger partial charge in [0.25, 0.3) is 0 Å². The van der Waals surface area contributed by atoms with Gasteiger partial charge in [-0.25, -0.2) is 0 Å². The summed E-state index contributed by atoms with van der Waals surface area (Å²) < 4.78 is 5.07. The van der Waals surface area contributed by atoms with Crippen LogP contribution in [0, 0.1) is 0 Å². The van der Waals surface area contributed by atoms with Gasteiger partial charge in [-0.1, -0.05) is 18.7 Å². The molecule has 0 aliphatic carbocycles. The van der Waals surface area contributed by atoms with Gasteiger partial charge in [-0.15, -0.1) is 0 Å². The molecule has 16 heavy (non-hydrogen) atoms. The minimum absolute atomic E-state index is 0.174. The molecule has 1 aromatic rings. The van der Waals surface area contributed by atoms with Gasteiger partial charge in [0, 0.05) is 0 Å². The maximum atomic E-state index is 11.1. The average molecular weight is 221 g/mol. The van der Waals surface area contributed by atoms with E-state index in [-0.39, 0.29) is 12.5 Å². The van der Waals surface area contributed by atoms with Crippen molar-refractivity contribution in [3.8, 4) is 5.75 Å². The predicted molar refractivity (Wildman–Crippen MR) is 61.2 cm³/mol. The fourth-order valence-corrected chi connectivity index (χ4v) is 1.32. The molecule has 0 radical (unpaired) electrons. The number of hydrogen-bond acceptors (Lipinski definition) is 3. The minimum atomic E-state index is -0.444. The average Bonchev–Trinajstić information content (AvgIpc) is 2.35. The van der Waals surface area contributed by atoms with Crippen LogP contribution in [0.3, 0.4) is 0 Å². The number of benzene rings is 1. The van der Waals surface area contributed by atoms with Gasteiger partial charge in [-0.05, 0) is 23.8 Å². The van der Waals surface area contributed by atoms with E-state index in [4.69, 9.17) is 4.74 Å².